The molecule has 0 radical (unpaired) electrons. The molecule has 0 unspecified atom stereocenters. The highest BCUT2D eigenvalue weighted by molar-refractivity contribution is 5.78. The van der Waals surface area contributed by atoms with Crippen molar-refractivity contribution in [2.24, 2.45) is 11.8 Å². The van der Waals surface area contributed by atoms with Gasteiger partial charge in [-0.2, -0.15) is 0 Å². The minimum Gasteiger partial charge on any atom is -0.469 e. The van der Waals surface area contributed by atoms with E-state index in [0.29, 0.717) is 5.92 Å². The van der Waals surface area contributed by atoms with Crippen molar-refractivity contribution in [1.82, 2.24) is 0 Å². The Morgan fingerprint density at radius 1 is 1.11 bits per heavy atom. The SMILES string of the molecule is COC(=O)[C@@H](c1ccc(CC(C)C)cc1)C(C)C. The number of hydrogen-bond acceptors (Lipinski definition) is 2. The van der Waals surface area contributed by atoms with Crippen LogP contribution in [-0.4, -0.2) is 13.1 Å². The third kappa shape index (κ3) is 3.86. The molecular weight excluding hydrogens is 224 g/mol. The van der Waals surface area contributed by atoms with Crippen LogP contribution in [0.25, 0.3) is 0 Å². The Bertz CT molecular complexity index is 377. The van der Waals surface area contributed by atoms with E-state index >= 15 is 0 Å². The van der Waals surface area contributed by atoms with E-state index in [9.17, 15) is 4.79 Å². The fraction of sp³-hybridized carbons (Fsp3) is 0.562. The summed E-state index contributed by atoms with van der Waals surface area (Å²) in [7, 11) is 1.45. The molecule has 1 rings (SSSR count). The van der Waals surface area contributed by atoms with Crippen LogP contribution in [0.1, 0.15) is 44.7 Å². The standard InChI is InChI=1S/C16H24O2/c1-11(2)10-13-6-8-14(9-7-13)15(12(3)4)16(17)18-5/h6-9,11-12,15H,10H2,1-5H3/t15-/m1/s1. The van der Waals surface area contributed by atoms with Gasteiger partial charge in [0, 0.05) is 0 Å². The normalized spacial score (nSPS) is 12.8. The zero-order valence-corrected chi connectivity index (χ0v) is 12.1. The number of benzene rings is 1. The van der Waals surface area contributed by atoms with Crippen molar-refractivity contribution in [1.29, 1.82) is 0 Å². The van der Waals surface area contributed by atoms with Crippen LogP contribution in [0.2, 0.25) is 0 Å². The van der Waals surface area contributed by atoms with Gasteiger partial charge in [-0.3, -0.25) is 4.79 Å². The van der Waals surface area contributed by atoms with Crippen LogP contribution < -0.4 is 0 Å². The monoisotopic (exact) mass is 248 g/mol. The Balaban J connectivity index is 2.90. The molecule has 2 nitrogen and oxygen atoms in total. The number of esters is 1. The van der Waals surface area contributed by atoms with Crippen LogP contribution in [-0.2, 0) is 16.0 Å². The number of methoxy groups -OCH3 is 1. The summed E-state index contributed by atoms with van der Waals surface area (Å²) in [6, 6.07) is 8.35. The third-order valence-corrected chi connectivity index (χ3v) is 3.10. The van der Waals surface area contributed by atoms with Crippen molar-refractivity contribution in [2.75, 3.05) is 7.11 Å². The van der Waals surface area contributed by atoms with Gasteiger partial charge in [0.1, 0.15) is 0 Å². The van der Waals surface area contributed by atoms with E-state index in [1.165, 1.54) is 12.7 Å². The molecule has 0 aliphatic heterocycles. The predicted molar refractivity (Wildman–Crippen MR) is 74.6 cm³/mol. The Morgan fingerprint density at radius 3 is 2.06 bits per heavy atom. The topological polar surface area (TPSA) is 26.3 Å². The summed E-state index contributed by atoms with van der Waals surface area (Å²) < 4.78 is 4.88. The lowest BCUT2D eigenvalue weighted by Gasteiger charge is -2.19. The van der Waals surface area contributed by atoms with Gasteiger partial charge in [0.25, 0.3) is 0 Å². The molecule has 0 amide bonds. The second-order valence-electron chi connectivity index (χ2n) is 5.58. The minimum atomic E-state index is -0.164. The van der Waals surface area contributed by atoms with E-state index in [1.807, 2.05) is 13.8 Å². The third-order valence-electron chi connectivity index (χ3n) is 3.10. The summed E-state index contributed by atoms with van der Waals surface area (Å²) in [6.45, 7) is 8.51. The van der Waals surface area contributed by atoms with Gasteiger partial charge in [-0.1, -0.05) is 52.0 Å². The Morgan fingerprint density at radius 2 is 1.67 bits per heavy atom. The van der Waals surface area contributed by atoms with Gasteiger partial charge in [-0.25, -0.2) is 0 Å². The van der Waals surface area contributed by atoms with Crippen LogP contribution in [0.4, 0.5) is 0 Å². The van der Waals surface area contributed by atoms with Crippen molar-refractivity contribution < 1.29 is 9.53 Å². The molecule has 2 heteroatoms. The Hall–Kier alpha value is -1.31. The summed E-state index contributed by atoms with van der Waals surface area (Å²) in [6.07, 6.45) is 1.07. The second kappa shape index (κ2) is 6.58. The lowest BCUT2D eigenvalue weighted by molar-refractivity contribution is -0.143. The average molecular weight is 248 g/mol. The van der Waals surface area contributed by atoms with Crippen LogP contribution in [0.3, 0.4) is 0 Å². The zero-order chi connectivity index (χ0) is 13.7. The average Bonchev–Trinajstić information content (AvgIpc) is 2.30. The van der Waals surface area contributed by atoms with Gasteiger partial charge in [0.15, 0.2) is 0 Å². The molecular formula is C16H24O2. The number of carbonyl (C=O) groups excluding carboxylic acids is 1. The second-order valence-corrected chi connectivity index (χ2v) is 5.58. The Labute approximate surface area is 110 Å². The van der Waals surface area contributed by atoms with E-state index in [-0.39, 0.29) is 17.8 Å². The molecule has 0 saturated carbocycles. The number of carbonyl (C=O) groups is 1. The summed E-state index contributed by atoms with van der Waals surface area (Å²) >= 11 is 0. The van der Waals surface area contributed by atoms with E-state index in [2.05, 4.69) is 38.1 Å². The first kappa shape index (κ1) is 14.7. The van der Waals surface area contributed by atoms with Crippen LogP contribution >= 0.6 is 0 Å². The first-order valence-electron chi connectivity index (χ1n) is 6.62. The van der Waals surface area contributed by atoms with Gasteiger partial charge in [0.2, 0.25) is 0 Å². The highest BCUT2D eigenvalue weighted by atomic mass is 16.5. The van der Waals surface area contributed by atoms with Crippen molar-refractivity contribution in [3.63, 3.8) is 0 Å². The van der Waals surface area contributed by atoms with E-state index in [0.717, 1.165) is 12.0 Å². The highest BCUT2D eigenvalue weighted by Crippen LogP contribution is 2.26. The molecule has 0 fully saturated rings. The van der Waals surface area contributed by atoms with Gasteiger partial charge in [0.05, 0.1) is 13.0 Å². The van der Waals surface area contributed by atoms with E-state index in [1.54, 1.807) is 0 Å². The van der Waals surface area contributed by atoms with Gasteiger partial charge < -0.3 is 4.74 Å². The molecule has 0 aliphatic rings. The van der Waals surface area contributed by atoms with Crippen molar-refractivity contribution in [3.05, 3.63) is 35.4 Å². The van der Waals surface area contributed by atoms with Crippen LogP contribution in [0.5, 0.6) is 0 Å². The molecule has 0 aliphatic carbocycles. The Kier molecular flexibility index (Phi) is 5.39. The summed E-state index contributed by atoms with van der Waals surface area (Å²) in [5.41, 5.74) is 2.37. The summed E-state index contributed by atoms with van der Waals surface area (Å²) in [5.74, 6) is 0.579. The largest absolute Gasteiger partial charge is 0.469 e. The maximum absolute atomic E-state index is 11.8. The van der Waals surface area contributed by atoms with Crippen molar-refractivity contribution in [2.45, 2.75) is 40.0 Å². The van der Waals surface area contributed by atoms with Gasteiger partial charge in [-0.05, 0) is 29.4 Å². The molecule has 0 N–H and O–H groups in total. The molecule has 1 aromatic rings. The zero-order valence-electron chi connectivity index (χ0n) is 12.1. The predicted octanol–water partition coefficient (Wildman–Crippen LogP) is 3.80. The molecule has 0 aromatic heterocycles. The molecule has 1 aromatic carbocycles. The molecule has 100 valence electrons. The summed E-state index contributed by atoms with van der Waals surface area (Å²) in [4.78, 5) is 11.8. The summed E-state index contributed by atoms with van der Waals surface area (Å²) in [5, 5.41) is 0. The number of ether oxygens (including phenoxy) is 1. The van der Waals surface area contributed by atoms with Gasteiger partial charge in [-0.15, -0.1) is 0 Å². The fourth-order valence-electron chi connectivity index (χ4n) is 2.25. The van der Waals surface area contributed by atoms with E-state index in [4.69, 9.17) is 4.74 Å². The first-order chi connectivity index (χ1) is 8.45. The van der Waals surface area contributed by atoms with Crippen molar-refractivity contribution >= 4 is 5.97 Å². The van der Waals surface area contributed by atoms with Crippen LogP contribution in [0, 0.1) is 11.8 Å². The molecule has 0 heterocycles. The van der Waals surface area contributed by atoms with E-state index < -0.39 is 0 Å². The maximum Gasteiger partial charge on any atom is 0.313 e. The van der Waals surface area contributed by atoms with Crippen molar-refractivity contribution in [3.8, 4) is 0 Å². The number of rotatable bonds is 5. The number of hydrogen-bond donors (Lipinski definition) is 0. The highest BCUT2D eigenvalue weighted by Gasteiger charge is 2.24. The molecule has 0 bridgehead atoms. The molecule has 18 heavy (non-hydrogen) atoms. The first-order valence-corrected chi connectivity index (χ1v) is 6.62. The molecule has 1 atom stereocenters. The lowest BCUT2D eigenvalue weighted by atomic mass is 9.87. The quantitative estimate of drug-likeness (QED) is 0.741. The van der Waals surface area contributed by atoms with Gasteiger partial charge >= 0.3 is 5.97 Å². The molecule has 0 spiro atoms. The minimum absolute atomic E-state index is 0.151. The fourth-order valence-corrected chi connectivity index (χ4v) is 2.25. The lowest BCUT2D eigenvalue weighted by Crippen LogP contribution is -2.19. The maximum atomic E-state index is 11.8. The molecule has 0 saturated heterocycles. The smallest absolute Gasteiger partial charge is 0.313 e. The van der Waals surface area contributed by atoms with Crippen LogP contribution in [0.15, 0.2) is 24.3 Å².